The molecule has 0 radical (unpaired) electrons. The second-order valence-corrected chi connectivity index (χ2v) is 6.37. The van der Waals surface area contributed by atoms with Gasteiger partial charge in [0.1, 0.15) is 5.75 Å². The van der Waals surface area contributed by atoms with E-state index in [1.165, 1.54) is 13.2 Å². The molecule has 102 valence electrons. The second kappa shape index (κ2) is 6.26. The number of sulfonamides is 1. The molecule has 1 aromatic carbocycles. The Hall–Kier alpha value is -0.980. The summed E-state index contributed by atoms with van der Waals surface area (Å²) >= 11 is 5.93. The average molecular weight is 293 g/mol. The van der Waals surface area contributed by atoms with E-state index in [1.54, 1.807) is 26.1 Å². The van der Waals surface area contributed by atoms with Crippen molar-refractivity contribution >= 4 is 27.3 Å². The van der Waals surface area contributed by atoms with Crippen LogP contribution in [0.5, 0.6) is 5.75 Å². The van der Waals surface area contributed by atoms with E-state index in [9.17, 15) is 8.42 Å². The third kappa shape index (κ3) is 3.76. The SMILES string of the molecule is CNCC(C)S(=O)(=O)Nc1ccc(OC)c(Cl)c1. The number of nitrogens with one attached hydrogen (secondary N) is 2. The van der Waals surface area contributed by atoms with Crippen LogP contribution >= 0.6 is 11.6 Å². The van der Waals surface area contributed by atoms with E-state index in [0.29, 0.717) is 23.0 Å². The molecule has 0 spiro atoms. The Morgan fingerprint density at radius 1 is 1.44 bits per heavy atom. The van der Waals surface area contributed by atoms with E-state index in [4.69, 9.17) is 16.3 Å². The fourth-order valence-electron chi connectivity index (χ4n) is 1.39. The predicted molar refractivity (Wildman–Crippen MR) is 73.9 cm³/mol. The Morgan fingerprint density at radius 3 is 2.61 bits per heavy atom. The van der Waals surface area contributed by atoms with Crippen molar-refractivity contribution in [1.82, 2.24) is 5.32 Å². The molecule has 2 N–H and O–H groups in total. The molecule has 0 saturated carbocycles. The van der Waals surface area contributed by atoms with Crippen LogP contribution in [0, 0.1) is 0 Å². The molecule has 0 aliphatic carbocycles. The number of halogens is 1. The van der Waals surface area contributed by atoms with Crippen molar-refractivity contribution in [3.63, 3.8) is 0 Å². The van der Waals surface area contributed by atoms with Gasteiger partial charge in [0.2, 0.25) is 10.0 Å². The van der Waals surface area contributed by atoms with Crippen LogP contribution in [0.1, 0.15) is 6.92 Å². The van der Waals surface area contributed by atoms with Gasteiger partial charge in [0, 0.05) is 6.54 Å². The van der Waals surface area contributed by atoms with Gasteiger partial charge in [-0.15, -0.1) is 0 Å². The van der Waals surface area contributed by atoms with Crippen molar-refractivity contribution < 1.29 is 13.2 Å². The summed E-state index contributed by atoms with van der Waals surface area (Å²) in [6.07, 6.45) is 0. The van der Waals surface area contributed by atoms with E-state index in [0.717, 1.165) is 0 Å². The summed E-state index contributed by atoms with van der Waals surface area (Å²) in [5.74, 6) is 0.503. The molecule has 0 bridgehead atoms. The maximum absolute atomic E-state index is 11.9. The van der Waals surface area contributed by atoms with E-state index in [1.807, 2.05) is 0 Å². The Balaban J connectivity index is 2.88. The molecule has 0 fully saturated rings. The molecule has 1 unspecified atom stereocenters. The third-order valence-corrected chi connectivity index (χ3v) is 4.47. The lowest BCUT2D eigenvalue weighted by Gasteiger charge is -2.15. The average Bonchev–Trinajstić information content (AvgIpc) is 2.29. The monoisotopic (exact) mass is 292 g/mol. The summed E-state index contributed by atoms with van der Waals surface area (Å²) in [5, 5.41) is 2.65. The van der Waals surface area contributed by atoms with Crippen molar-refractivity contribution in [2.45, 2.75) is 12.2 Å². The summed E-state index contributed by atoms with van der Waals surface area (Å²) in [5.41, 5.74) is 0.420. The zero-order valence-electron chi connectivity index (χ0n) is 10.5. The zero-order chi connectivity index (χ0) is 13.8. The van der Waals surface area contributed by atoms with Crippen molar-refractivity contribution in [3.8, 4) is 5.75 Å². The first-order chi connectivity index (χ1) is 8.40. The van der Waals surface area contributed by atoms with Gasteiger partial charge in [0.25, 0.3) is 0 Å². The molecule has 0 amide bonds. The van der Waals surface area contributed by atoms with Gasteiger partial charge < -0.3 is 10.1 Å². The van der Waals surface area contributed by atoms with Crippen LogP contribution in [-0.2, 0) is 10.0 Å². The molecule has 1 atom stereocenters. The number of hydrogen-bond acceptors (Lipinski definition) is 4. The number of rotatable bonds is 6. The van der Waals surface area contributed by atoms with Crippen molar-refractivity contribution in [2.75, 3.05) is 25.4 Å². The van der Waals surface area contributed by atoms with Gasteiger partial charge in [-0.3, -0.25) is 4.72 Å². The van der Waals surface area contributed by atoms with E-state index >= 15 is 0 Å². The summed E-state index contributed by atoms with van der Waals surface area (Å²) < 4.78 is 31.3. The molecule has 7 heteroatoms. The molecule has 0 aliphatic rings. The molecule has 0 aliphatic heterocycles. The first-order valence-electron chi connectivity index (χ1n) is 5.40. The molecule has 1 rings (SSSR count). The van der Waals surface area contributed by atoms with Crippen LogP contribution in [0.2, 0.25) is 5.02 Å². The van der Waals surface area contributed by atoms with Gasteiger partial charge in [-0.1, -0.05) is 11.6 Å². The highest BCUT2D eigenvalue weighted by Crippen LogP contribution is 2.27. The normalized spacial score (nSPS) is 13.1. The maximum atomic E-state index is 11.9. The fourth-order valence-corrected chi connectivity index (χ4v) is 2.69. The Morgan fingerprint density at radius 2 is 2.11 bits per heavy atom. The molecule has 18 heavy (non-hydrogen) atoms. The quantitative estimate of drug-likeness (QED) is 0.837. The lowest BCUT2D eigenvalue weighted by Crippen LogP contribution is -2.33. The van der Waals surface area contributed by atoms with Crippen molar-refractivity contribution in [2.24, 2.45) is 0 Å². The molecule has 0 aromatic heterocycles. The maximum Gasteiger partial charge on any atom is 0.236 e. The Labute approximate surface area is 113 Å². The molecule has 0 heterocycles. The highest BCUT2D eigenvalue weighted by molar-refractivity contribution is 7.93. The number of benzene rings is 1. The highest BCUT2D eigenvalue weighted by Gasteiger charge is 2.20. The molecule has 0 saturated heterocycles. The van der Waals surface area contributed by atoms with E-state index < -0.39 is 15.3 Å². The van der Waals surface area contributed by atoms with Crippen LogP contribution in [0.25, 0.3) is 0 Å². The van der Waals surface area contributed by atoms with E-state index in [-0.39, 0.29) is 0 Å². The van der Waals surface area contributed by atoms with Gasteiger partial charge in [0.15, 0.2) is 0 Å². The number of methoxy groups -OCH3 is 1. The van der Waals surface area contributed by atoms with Crippen LogP contribution in [-0.4, -0.2) is 34.4 Å². The van der Waals surface area contributed by atoms with Gasteiger partial charge in [-0.2, -0.15) is 0 Å². The van der Waals surface area contributed by atoms with Crippen LogP contribution in [0.3, 0.4) is 0 Å². The summed E-state index contributed by atoms with van der Waals surface area (Å²) in [7, 11) is -0.219. The highest BCUT2D eigenvalue weighted by atomic mass is 35.5. The minimum atomic E-state index is -3.42. The number of anilines is 1. The zero-order valence-corrected chi connectivity index (χ0v) is 12.1. The van der Waals surface area contributed by atoms with Crippen LogP contribution in [0.4, 0.5) is 5.69 Å². The molecule has 1 aromatic rings. The second-order valence-electron chi connectivity index (χ2n) is 3.86. The fraction of sp³-hybridized carbons (Fsp3) is 0.455. The van der Waals surface area contributed by atoms with E-state index in [2.05, 4.69) is 10.0 Å². The summed E-state index contributed by atoms with van der Waals surface area (Å²) in [6.45, 7) is 2.00. The molecule has 5 nitrogen and oxygen atoms in total. The lowest BCUT2D eigenvalue weighted by molar-refractivity contribution is 0.415. The first kappa shape index (κ1) is 15.1. The van der Waals surface area contributed by atoms with Crippen molar-refractivity contribution in [1.29, 1.82) is 0 Å². The molecular formula is C11H17ClN2O3S. The molecular weight excluding hydrogens is 276 g/mol. The Kier molecular flexibility index (Phi) is 5.25. The van der Waals surface area contributed by atoms with Crippen molar-refractivity contribution in [3.05, 3.63) is 23.2 Å². The van der Waals surface area contributed by atoms with Gasteiger partial charge in [-0.25, -0.2) is 8.42 Å². The topological polar surface area (TPSA) is 67.4 Å². The minimum absolute atomic E-state index is 0.360. The Bertz CT molecular complexity index is 505. The largest absolute Gasteiger partial charge is 0.495 e. The van der Waals surface area contributed by atoms with Gasteiger partial charge in [0.05, 0.1) is 23.1 Å². The smallest absolute Gasteiger partial charge is 0.236 e. The van der Waals surface area contributed by atoms with Crippen LogP contribution in [0.15, 0.2) is 18.2 Å². The minimum Gasteiger partial charge on any atom is -0.495 e. The summed E-state index contributed by atoms with van der Waals surface area (Å²) in [6, 6.07) is 4.74. The number of hydrogen-bond donors (Lipinski definition) is 2. The lowest BCUT2D eigenvalue weighted by atomic mass is 10.3. The summed E-state index contributed by atoms with van der Waals surface area (Å²) in [4.78, 5) is 0. The van der Waals surface area contributed by atoms with Gasteiger partial charge >= 0.3 is 0 Å². The standard InChI is InChI=1S/C11H17ClN2O3S/c1-8(7-13-2)18(15,16)14-9-4-5-11(17-3)10(12)6-9/h4-6,8,13-14H,7H2,1-3H3. The number of ether oxygens (including phenoxy) is 1. The predicted octanol–water partition coefficient (Wildman–Crippen LogP) is 1.70. The first-order valence-corrected chi connectivity index (χ1v) is 7.33. The van der Waals surface area contributed by atoms with Crippen LogP contribution < -0.4 is 14.8 Å². The van der Waals surface area contributed by atoms with Gasteiger partial charge in [-0.05, 0) is 32.2 Å². The third-order valence-electron chi connectivity index (χ3n) is 2.43.